The van der Waals surface area contributed by atoms with Gasteiger partial charge in [0, 0.05) is 12.0 Å². The fourth-order valence-electron chi connectivity index (χ4n) is 4.56. The number of amides is 1. The normalized spacial score (nSPS) is 24.7. The van der Waals surface area contributed by atoms with E-state index in [1.807, 2.05) is 59.6 Å². The number of carbonyl (C=O) groups is 1. The molecule has 0 saturated carbocycles. The number of benzene rings is 3. The molecule has 2 atom stereocenters. The first kappa shape index (κ1) is 19.2. The summed E-state index contributed by atoms with van der Waals surface area (Å²) in [5.74, 6) is -0.392. The van der Waals surface area contributed by atoms with Gasteiger partial charge in [0.25, 0.3) is 5.24 Å². The molecular formula is C26H21N3O2S. The summed E-state index contributed by atoms with van der Waals surface area (Å²) in [5, 5.41) is 9.91. The Balaban J connectivity index is 1.53. The number of para-hydroxylation sites is 1. The number of ether oxygens (including phenoxy) is 1. The third-order valence-electron chi connectivity index (χ3n) is 6.16. The van der Waals surface area contributed by atoms with E-state index >= 15 is 0 Å². The summed E-state index contributed by atoms with van der Waals surface area (Å²) in [7, 11) is 0. The molecule has 158 valence electrons. The molecule has 5 nitrogen and oxygen atoms in total. The highest BCUT2D eigenvalue weighted by atomic mass is 32.2. The van der Waals surface area contributed by atoms with Crippen molar-refractivity contribution in [3.8, 4) is 5.75 Å². The van der Waals surface area contributed by atoms with Crippen molar-refractivity contribution < 1.29 is 9.53 Å². The first-order valence-electron chi connectivity index (χ1n) is 10.6. The molecule has 1 amide bonds. The summed E-state index contributed by atoms with van der Waals surface area (Å²) in [6, 6.07) is 26.3. The van der Waals surface area contributed by atoms with Gasteiger partial charge in [-0.3, -0.25) is 10.1 Å². The average molecular weight is 440 g/mol. The highest BCUT2D eigenvalue weighted by Gasteiger charge is 2.58. The molecule has 3 aliphatic heterocycles. The van der Waals surface area contributed by atoms with Crippen molar-refractivity contribution in [2.24, 2.45) is 5.10 Å². The topological polar surface area (TPSA) is 53.9 Å². The Bertz CT molecular complexity index is 1290. The average Bonchev–Trinajstić information content (AvgIpc) is 3.39. The first-order chi connectivity index (χ1) is 15.6. The molecule has 6 rings (SSSR count). The van der Waals surface area contributed by atoms with E-state index in [1.54, 1.807) is 0 Å². The van der Waals surface area contributed by atoms with Crippen molar-refractivity contribution in [2.45, 2.75) is 25.2 Å². The Morgan fingerprint density at radius 3 is 2.66 bits per heavy atom. The predicted octanol–water partition coefficient (Wildman–Crippen LogP) is 5.69. The molecule has 0 radical (unpaired) electrons. The lowest BCUT2D eigenvalue weighted by Crippen LogP contribution is -2.61. The molecule has 1 N–H and O–H groups in total. The fourth-order valence-corrected chi connectivity index (χ4v) is 5.46. The fraction of sp³-hybridized carbons (Fsp3) is 0.154. The minimum atomic E-state index is -1.17. The molecule has 0 aromatic heterocycles. The second kappa shape index (κ2) is 7.28. The van der Waals surface area contributed by atoms with Crippen molar-refractivity contribution in [3.63, 3.8) is 0 Å². The lowest BCUT2D eigenvalue weighted by atomic mass is 9.95. The second-order valence-corrected chi connectivity index (χ2v) is 9.16. The number of carbonyl (C=O) groups excluding carboxylic acids is 1. The third kappa shape index (κ3) is 2.94. The molecule has 1 fully saturated rings. The number of nitrogens with zero attached hydrogens (tertiary/aromatic N) is 2. The number of rotatable bonds is 2. The van der Waals surface area contributed by atoms with Gasteiger partial charge in [-0.2, -0.15) is 5.10 Å². The molecule has 3 aromatic rings. The molecule has 3 heterocycles. The number of hydrazone groups is 1. The Hall–Kier alpha value is -3.51. The molecule has 0 aliphatic carbocycles. The Morgan fingerprint density at radius 2 is 1.81 bits per heavy atom. The molecule has 32 heavy (non-hydrogen) atoms. The molecule has 1 spiro atoms. The maximum atomic E-state index is 12.7. The van der Waals surface area contributed by atoms with E-state index in [-0.39, 0.29) is 11.3 Å². The zero-order valence-electron chi connectivity index (χ0n) is 17.5. The summed E-state index contributed by atoms with van der Waals surface area (Å²) in [6.45, 7) is 2.06. The summed E-state index contributed by atoms with van der Waals surface area (Å²) in [5.41, 5.74) is 5.33. The van der Waals surface area contributed by atoms with Crippen molar-refractivity contribution >= 4 is 28.8 Å². The van der Waals surface area contributed by atoms with Gasteiger partial charge in [-0.05, 0) is 47.5 Å². The van der Waals surface area contributed by atoms with Crippen LogP contribution in [-0.4, -0.2) is 21.8 Å². The van der Waals surface area contributed by atoms with E-state index in [4.69, 9.17) is 9.84 Å². The second-order valence-electron chi connectivity index (χ2n) is 8.14. The van der Waals surface area contributed by atoms with Crippen LogP contribution in [0.1, 0.15) is 34.7 Å². The lowest BCUT2D eigenvalue weighted by Gasteiger charge is -2.45. The Morgan fingerprint density at radius 1 is 1.06 bits per heavy atom. The zero-order chi connectivity index (χ0) is 21.7. The van der Waals surface area contributed by atoms with E-state index in [0.717, 1.165) is 45.0 Å². The van der Waals surface area contributed by atoms with Crippen molar-refractivity contribution in [1.29, 1.82) is 0 Å². The van der Waals surface area contributed by atoms with Gasteiger partial charge in [-0.15, -0.1) is 0 Å². The van der Waals surface area contributed by atoms with Crippen molar-refractivity contribution in [2.75, 3.05) is 0 Å². The van der Waals surface area contributed by atoms with E-state index in [9.17, 15) is 4.79 Å². The molecule has 0 unspecified atom stereocenters. The molecule has 0 bridgehead atoms. The van der Waals surface area contributed by atoms with Crippen LogP contribution in [0, 0.1) is 6.92 Å². The molecule has 3 aliphatic rings. The number of aryl methyl sites for hydroxylation is 1. The van der Waals surface area contributed by atoms with Gasteiger partial charge >= 0.3 is 5.85 Å². The highest BCUT2D eigenvalue weighted by molar-refractivity contribution is 8.17. The van der Waals surface area contributed by atoms with Crippen LogP contribution in [0.15, 0.2) is 88.9 Å². The van der Waals surface area contributed by atoms with E-state index in [0.29, 0.717) is 0 Å². The van der Waals surface area contributed by atoms with Crippen LogP contribution in [0.25, 0.3) is 6.08 Å². The summed E-state index contributed by atoms with van der Waals surface area (Å²) in [4.78, 5) is 13.5. The number of thioether (sulfide) groups is 1. The quantitative estimate of drug-likeness (QED) is 0.557. The van der Waals surface area contributed by atoms with Gasteiger partial charge < -0.3 is 4.74 Å². The van der Waals surface area contributed by atoms with Crippen LogP contribution in [0.4, 0.5) is 4.79 Å². The van der Waals surface area contributed by atoms with Crippen LogP contribution >= 0.6 is 11.8 Å². The van der Waals surface area contributed by atoms with E-state index in [1.165, 1.54) is 11.8 Å². The third-order valence-corrected chi connectivity index (χ3v) is 7.06. The molecule has 3 aromatic carbocycles. The maximum absolute atomic E-state index is 12.7. The van der Waals surface area contributed by atoms with Crippen LogP contribution in [0.2, 0.25) is 0 Å². The summed E-state index contributed by atoms with van der Waals surface area (Å²) < 4.78 is 6.57. The smallest absolute Gasteiger partial charge is 0.314 e. The van der Waals surface area contributed by atoms with Gasteiger partial charge in [0.2, 0.25) is 0 Å². The largest absolute Gasteiger partial charge is 0.444 e. The monoisotopic (exact) mass is 439 g/mol. The molecule has 6 heteroatoms. The lowest BCUT2D eigenvalue weighted by molar-refractivity contribution is -0.0949. The number of hydrogen-bond acceptors (Lipinski definition) is 5. The molecular weight excluding hydrogens is 418 g/mol. The number of hydrogen-bond donors (Lipinski definition) is 1. The van der Waals surface area contributed by atoms with Crippen molar-refractivity contribution in [3.05, 3.63) is 106 Å². The van der Waals surface area contributed by atoms with Crippen molar-refractivity contribution in [1.82, 2.24) is 10.3 Å². The molecule has 1 saturated heterocycles. The highest BCUT2D eigenvalue weighted by Crippen LogP contribution is 2.52. The minimum Gasteiger partial charge on any atom is -0.444 e. The van der Waals surface area contributed by atoms with Crippen LogP contribution in [-0.2, 0) is 0 Å². The van der Waals surface area contributed by atoms with Crippen LogP contribution < -0.4 is 10.1 Å². The zero-order valence-corrected chi connectivity index (χ0v) is 18.3. The first-order valence-corrected chi connectivity index (χ1v) is 11.4. The van der Waals surface area contributed by atoms with Gasteiger partial charge in [0.1, 0.15) is 5.75 Å². The van der Waals surface area contributed by atoms with E-state index in [2.05, 4.69) is 42.6 Å². The number of nitrogens with one attached hydrogen (secondary N) is 1. The maximum Gasteiger partial charge on any atom is 0.314 e. The Kier molecular flexibility index (Phi) is 4.36. The SMILES string of the molecule is Cc1ccccc1/C=C1\SC(=O)N[C@@]12Oc1ccccc1[C@@H]1CC(c3ccccc3)=NN12. The predicted molar refractivity (Wildman–Crippen MR) is 127 cm³/mol. The van der Waals surface area contributed by atoms with Crippen LogP contribution in [0.3, 0.4) is 0 Å². The standard InChI is InChI=1S/C26H21N3O2S/c1-17-9-5-6-12-19(17)15-24-26(27-25(30)32-24)29-22(20-13-7-8-14-23(20)31-26)16-21(28-29)18-10-3-2-4-11-18/h2-15,22H,16H2,1H3,(H,27,30)/b24-15-/t22-,26-/m0/s1. The van der Waals surface area contributed by atoms with Gasteiger partial charge in [-0.1, -0.05) is 72.8 Å². The van der Waals surface area contributed by atoms with Gasteiger partial charge in [0.05, 0.1) is 16.7 Å². The van der Waals surface area contributed by atoms with Gasteiger partial charge in [0.15, 0.2) is 0 Å². The number of fused-ring (bicyclic) bond motifs is 4. The minimum absolute atomic E-state index is 0.0329. The van der Waals surface area contributed by atoms with Gasteiger partial charge in [-0.25, -0.2) is 5.01 Å². The summed E-state index contributed by atoms with van der Waals surface area (Å²) >= 11 is 1.17. The summed E-state index contributed by atoms with van der Waals surface area (Å²) in [6.07, 6.45) is 2.78. The van der Waals surface area contributed by atoms with E-state index < -0.39 is 5.85 Å². The van der Waals surface area contributed by atoms with Crippen LogP contribution in [0.5, 0.6) is 5.75 Å². The Labute approximate surface area is 190 Å².